The summed E-state index contributed by atoms with van der Waals surface area (Å²) < 4.78 is 5.40. The van der Waals surface area contributed by atoms with Crippen LogP contribution in [-0.4, -0.2) is 36.9 Å². The summed E-state index contributed by atoms with van der Waals surface area (Å²) in [7, 11) is 1.66. The summed E-state index contributed by atoms with van der Waals surface area (Å²) in [5.41, 5.74) is 2.63. The van der Waals surface area contributed by atoms with Crippen molar-refractivity contribution in [2.24, 2.45) is 11.3 Å². The summed E-state index contributed by atoms with van der Waals surface area (Å²) in [5.74, 6) is 5.62. The molecule has 7 heteroatoms. The Morgan fingerprint density at radius 3 is 2.86 bits per heavy atom. The van der Waals surface area contributed by atoms with Crippen molar-refractivity contribution in [2.75, 3.05) is 20.1 Å². The Bertz CT molecular complexity index is 554. The predicted octanol–water partition coefficient (Wildman–Crippen LogP) is 0.150. The Balaban J connectivity index is 2.05. The van der Waals surface area contributed by atoms with Crippen LogP contribution in [0.3, 0.4) is 0 Å². The second-order valence-electron chi connectivity index (χ2n) is 5.77. The van der Waals surface area contributed by atoms with Gasteiger partial charge in [0.2, 0.25) is 5.91 Å². The number of nitrogens with two attached hydrogens (primary N) is 1. The van der Waals surface area contributed by atoms with Gasteiger partial charge in [-0.15, -0.1) is 0 Å². The number of furan rings is 1. The second kappa shape index (κ2) is 5.87. The van der Waals surface area contributed by atoms with Crippen LogP contribution < -0.4 is 16.6 Å². The fourth-order valence-electron chi connectivity index (χ4n) is 2.78. The molecule has 0 saturated carbocycles. The van der Waals surface area contributed by atoms with E-state index in [4.69, 9.17) is 10.3 Å². The number of hydrazine groups is 1. The van der Waals surface area contributed by atoms with Crippen molar-refractivity contribution in [2.45, 2.75) is 26.8 Å². The number of carbonyl (C=O) groups is 2. The van der Waals surface area contributed by atoms with E-state index in [1.165, 1.54) is 0 Å². The van der Waals surface area contributed by atoms with E-state index >= 15 is 0 Å². The number of nitrogens with zero attached hydrogens (tertiary/aromatic N) is 1. The van der Waals surface area contributed by atoms with Gasteiger partial charge in [0.05, 0.1) is 5.41 Å². The molecule has 2 amide bonds. The molecule has 1 aliphatic rings. The van der Waals surface area contributed by atoms with Crippen molar-refractivity contribution in [1.29, 1.82) is 0 Å². The first-order valence-corrected chi connectivity index (χ1v) is 6.94. The fourth-order valence-corrected chi connectivity index (χ4v) is 2.78. The van der Waals surface area contributed by atoms with Gasteiger partial charge in [0.25, 0.3) is 0 Å². The molecule has 2 rings (SSSR count). The van der Waals surface area contributed by atoms with Crippen LogP contribution in [0, 0.1) is 12.3 Å². The van der Waals surface area contributed by atoms with Crippen LogP contribution in [0.5, 0.6) is 0 Å². The zero-order valence-electron chi connectivity index (χ0n) is 12.7. The Labute approximate surface area is 123 Å². The average molecular weight is 294 g/mol. The number of likely N-dealkylation sites (tertiary alicyclic amines) is 1. The number of rotatable bonds is 4. The molecule has 2 heterocycles. The normalized spacial score (nSPS) is 22.3. The lowest BCUT2D eigenvalue weighted by atomic mass is 9.89. The molecular formula is C14H22N4O3. The van der Waals surface area contributed by atoms with Crippen LogP contribution in [0.25, 0.3) is 0 Å². The van der Waals surface area contributed by atoms with Crippen molar-refractivity contribution >= 4 is 11.8 Å². The lowest BCUT2D eigenvalue weighted by molar-refractivity contribution is -0.129. The molecule has 0 bridgehead atoms. The highest BCUT2D eigenvalue weighted by Gasteiger charge is 2.39. The van der Waals surface area contributed by atoms with E-state index in [0.29, 0.717) is 18.8 Å². The first-order chi connectivity index (χ1) is 9.89. The molecule has 1 aromatic heterocycles. The van der Waals surface area contributed by atoms with E-state index in [-0.39, 0.29) is 17.1 Å². The minimum atomic E-state index is -0.444. The third kappa shape index (κ3) is 3.08. The van der Waals surface area contributed by atoms with Crippen LogP contribution in [0.2, 0.25) is 0 Å². The maximum atomic E-state index is 11.9. The average Bonchev–Trinajstić information content (AvgIpc) is 3.02. The molecule has 0 radical (unpaired) electrons. The number of amides is 2. The number of nitrogen functional groups attached to an aromatic ring is 1. The minimum Gasteiger partial charge on any atom is -0.456 e. The number of aryl methyl sites for hydroxylation is 1. The molecule has 1 unspecified atom stereocenters. The highest BCUT2D eigenvalue weighted by molar-refractivity contribution is 5.91. The Kier molecular flexibility index (Phi) is 4.34. The molecule has 1 aliphatic heterocycles. The number of nitrogens with one attached hydrogen (secondary N) is 2. The van der Waals surface area contributed by atoms with Crippen molar-refractivity contribution in [3.05, 3.63) is 23.2 Å². The molecule has 0 spiro atoms. The lowest BCUT2D eigenvalue weighted by Crippen LogP contribution is -2.39. The first-order valence-electron chi connectivity index (χ1n) is 6.94. The van der Waals surface area contributed by atoms with E-state index in [9.17, 15) is 9.59 Å². The predicted molar refractivity (Wildman–Crippen MR) is 77.2 cm³/mol. The molecule has 1 saturated heterocycles. The summed E-state index contributed by atoms with van der Waals surface area (Å²) in [6, 6.07) is 1.70. The van der Waals surface area contributed by atoms with Gasteiger partial charge in [0.1, 0.15) is 5.76 Å². The van der Waals surface area contributed by atoms with Crippen LogP contribution in [0.4, 0.5) is 0 Å². The van der Waals surface area contributed by atoms with Gasteiger partial charge in [0.15, 0.2) is 5.76 Å². The minimum absolute atomic E-state index is 0.0668. The van der Waals surface area contributed by atoms with Crippen molar-refractivity contribution < 1.29 is 14.0 Å². The van der Waals surface area contributed by atoms with Crippen LogP contribution in [0.1, 0.15) is 35.2 Å². The van der Waals surface area contributed by atoms with Gasteiger partial charge in [-0.05, 0) is 32.9 Å². The summed E-state index contributed by atoms with van der Waals surface area (Å²) in [4.78, 5) is 25.6. The van der Waals surface area contributed by atoms with Crippen LogP contribution >= 0.6 is 0 Å². The van der Waals surface area contributed by atoms with E-state index in [0.717, 1.165) is 18.5 Å². The molecule has 0 aromatic carbocycles. The molecule has 7 nitrogen and oxygen atoms in total. The maximum absolute atomic E-state index is 11.9. The summed E-state index contributed by atoms with van der Waals surface area (Å²) in [6.07, 6.45) is 0.819. The van der Waals surface area contributed by atoms with E-state index < -0.39 is 5.91 Å². The molecule has 1 atom stereocenters. The molecule has 4 N–H and O–H groups in total. The van der Waals surface area contributed by atoms with Gasteiger partial charge in [-0.1, -0.05) is 0 Å². The molecule has 1 fully saturated rings. The van der Waals surface area contributed by atoms with Crippen molar-refractivity contribution in [3.63, 3.8) is 0 Å². The van der Waals surface area contributed by atoms with Crippen LogP contribution in [-0.2, 0) is 11.3 Å². The van der Waals surface area contributed by atoms with Gasteiger partial charge < -0.3 is 9.73 Å². The second-order valence-corrected chi connectivity index (χ2v) is 5.77. The number of hydrogen-bond acceptors (Lipinski definition) is 5. The van der Waals surface area contributed by atoms with E-state index in [1.807, 2.05) is 13.8 Å². The number of hydrogen-bond donors (Lipinski definition) is 3. The van der Waals surface area contributed by atoms with Gasteiger partial charge in [-0.25, -0.2) is 5.84 Å². The van der Waals surface area contributed by atoms with Crippen molar-refractivity contribution in [1.82, 2.24) is 15.6 Å². The van der Waals surface area contributed by atoms with Gasteiger partial charge in [0, 0.05) is 25.7 Å². The lowest BCUT2D eigenvalue weighted by Gasteiger charge is -2.22. The Morgan fingerprint density at radius 2 is 2.24 bits per heavy atom. The topological polar surface area (TPSA) is 101 Å². The van der Waals surface area contributed by atoms with Gasteiger partial charge in [-0.2, -0.15) is 0 Å². The highest BCUT2D eigenvalue weighted by Crippen LogP contribution is 2.31. The van der Waals surface area contributed by atoms with E-state index in [2.05, 4.69) is 15.6 Å². The molecule has 116 valence electrons. The summed E-state index contributed by atoms with van der Waals surface area (Å²) in [5, 5.41) is 2.72. The monoisotopic (exact) mass is 294 g/mol. The van der Waals surface area contributed by atoms with Crippen LogP contribution in [0.15, 0.2) is 10.5 Å². The third-order valence-corrected chi connectivity index (χ3v) is 4.10. The van der Waals surface area contributed by atoms with E-state index in [1.54, 1.807) is 13.1 Å². The Morgan fingerprint density at radius 1 is 1.52 bits per heavy atom. The quantitative estimate of drug-likeness (QED) is 0.417. The standard InChI is InChI=1S/C14H22N4O3/c1-9-10(6-11(21-9)12(19)17-15)7-18-5-4-14(2,8-18)13(20)16-3/h6H,4-5,7-8,15H2,1-3H3,(H,16,20)(H,17,19). The Hall–Kier alpha value is -1.86. The van der Waals surface area contributed by atoms with Crippen molar-refractivity contribution in [3.8, 4) is 0 Å². The summed E-state index contributed by atoms with van der Waals surface area (Å²) in [6.45, 7) is 5.97. The largest absolute Gasteiger partial charge is 0.456 e. The zero-order chi connectivity index (χ0) is 15.6. The smallest absolute Gasteiger partial charge is 0.300 e. The maximum Gasteiger partial charge on any atom is 0.300 e. The molecule has 1 aromatic rings. The fraction of sp³-hybridized carbons (Fsp3) is 0.571. The first kappa shape index (κ1) is 15.5. The van der Waals surface area contributed by atoms with Gasteiger partial charge in [-0.3, -0.25) is 19.9 Å². The van der Waals surface area contributed by atoms with Gasteiger partial charge >= 0.3 is 5.91 Å². The zero-order valence-corrected chi connectivity index (χ0v) is 12.7. The third-order valence-electron chi connectivity index (χ3n) is 4.10. The molecule has 21 heavy (non-hydrogen) atoms. The highest BCUT2D eigenvalue weighted by atomic mass is 16.4. The SMILES string of the molecule is CNC(=O)C1(C)CCN(Cc2cc(C(=O)NN)oc2C)C1. The molecule has 0 aliphatic carbocycles. The number of carbonyl (C=O) groups excluding carboxylic acids is 2. The summed E-state index contributed by atoms with van der Waals surface area (Å²) >= 11 is 0. The molecular weight excluding hydrogens is 272 g/mol.